The smallest absolute Gasteiger partial charge is 0.433 e. The van der Waals surface area contributed by atoms with Crippen molar-refractivity contribution in [2.24, 2.45) is 0 Å². The summed E-state index contributed by atoms with van der Waals surface area (Å²) in [4.78, 5) is 34.2. The molecule has 2 aromatic carbocycles. The van der Waals surface area contributed by atoms with E-state index in [-0.39, 0.29) is 12.2 Å². The molecule has 2 aliphatic heterocycles. The lowest BCUT2D eigenvalue weighted by Gasteiger charge is -2.46. The average molecular weight is 606 g/mol. The summed E-state index contributed by atoms with van der Waals surface area (Å²) in [6, 6.07) is 9.83. The Bertz CT molecular complexity index is 1620. The first-order valence-corrected chi connectivity index (χ1v) is 13.1. The van der Waals surface area contributed by atoms with Gasteiger partial charge in [0, 0.05) is 12.1 Å². The van der Waals surface area contributed by atoms with Crippen LogP contribution in [0, 0.1) is 6.92 Å². The predicted molar refractivity (Wildman–Crippen MR) is 142 cm³/mol. The molecule has 3 heterocycles. The Morgan fingerprint density at radius 2 is 1.72 bits per heavy atom. The van der Waals surface area contributed by atoms with Crippen LogP contribution in [0.25, 0.3) is 11.3 Å². The topological polar surface area (TPSA) is 98.7 Å². The lowest BCUT2D eigenvalue weighted by Crippen LogP contribution is -2.60. The van der Waals surface area contributed by atoms with Crippen molar-refractivity contribution in [1.29, 1.82) is 0 Å². The molecule has 3 aromatic rings. The summed E-state index contributed by atoms with van der Waals surface area (Å²) in [5.41, 5.74) is -4.02. The van der Waals surface area contributed by atoms with Gasteiger partial charge in [-0.2, -0.15) is 26.3 Å². The summed E-state index contributed by atoms with van der Waals surface area (Å²) < 4.78 is 80.6. The van der Waals surface area contributed by atoms with Crippen LogP contribution in [-0.4, -0.2) is 49.0 Å². The number of aliphatic hydroxyl groups is 1. The first-order chi connectivity index (χ1) is 20.1. The van der Waals surface area contributed by atoms with Crippen LogP contribution in [0.15, 0.2) is 66.2 Å². The number of hydrazine groups is 1. The maximum atomic E-state index is 13.7. The molecule has 1 fully saturated rings. The summed E-state index contributed by atoms with van der Waals surface area (Å²) in [6.45, 7) is 4.06. The molecule has 0 aliphatic carbocycles. The Balaban J connectivity index is 1.55. The van der Waals surface area contributed by atoms with E-state index in [1.165, 1.54) is 5.01 Å². The molecule has 8 nitrogen and oxygen atoms in total. The zero-order valence-corrected chi connectivity index (χ0v) is 22.8. The van der Waals surface area contributed by atoms with Gasteiger partial charge in [-0.1, -0.05) is 29.8 Å². The minimum absolute atomic E-state index is 0.0748. The predicted octanol–water partition coefficient (Wildman–Crippen LogP) is 6.05. The van der Waals surface area contributed by atoms with Gasteiger partial charge in [-0.3, -0.25) is 14.6 Å². The van der Waals surface area contributed by atoms with E-state index < -0.39 is 63.6 Å². The van der Waals surface area contributed by atoms with Crippen LogP contribution >= 0.6 is 0 Å². The lowest BCUT2D eigenvalue weighted by atomic mass is 9.90. The van der Waals surface area contributed by atoms with Crippen LogP contribution < -0.4 is 5.32 Å². The van der Waals surface area contributed by atoms with Crippen molar-refractivity contribution < 1.29 is 41.0 Å². The number of amides is 2. The van der Waals surface area contributed by atoms with E-state index in [9.17, 15) is 41.0 Å². The van der Waals surface area contributed by atoms with Crippen molar-refractivity contribution in [2.75, 3.05) is 11.9 Å². The molecule has 43 heavy (non-hydrogen) atoms. The number of alkyl halides is 6. The molecule has 0 spiro atoms. The molecule has 14 heteroatoms. The molecule has 1 atom stereocenters. The molecular formula is C29H25F6N5O3. The lowest BCUT2D eigenvalue weighted by molar-refractivity contribution is -0.160. The molecular weight excluding hydrogens is 580 g/mol. The summed E-state index contributed by atoms with van der Waals surface area (Å²) in [5, 5.41) is 16.6. The number of hydrogen-bond acceptors (Lipinski definition) is 6. The van der Waals surface area contributed by atoms with Crippen molar-refractivity contribution in [2.45, 2.75) is 51.1 Å². The number of benzene rings is 2. The monoisotopic (exact) mass is 605 g/mol. The first kappa shape index (κ1) is 30.0. The van der Waals surface area contributed by atoms with Gasteiger partial charge in [-0.25, -0.2) is 15.0 Å². The van der Waals surface area contributed by atoms with Crippen molar-refractivity contribution in [3.8, 4) is 11.3 Å². The van der Waals surface area contributed by atoms with Crippen LogP contribution in [0.4, 0.5) is 32.0 Å². The van der Waals surface area contributed by atoms with Crippen molar-refractivity contribution in [1.82, 2.24) is 20.0 Å². The van der Waals surface area contributed by atoms with Crippen LogP contribution in [0.3, 0.4) is 0 Å². The van der Waals surface area contributed by atoms with Crippen LogP contribution in [0.5, 0.6) is 0 Å². The van der Waals surface area contributed by atoms with Gasteiger partial charge in [-0.05, 0) is 56.5 Å². The number of aryl methyl sites for hydroxylation is 1. The number of aliphatic hydroxyl groups excluding tert-OH is 1. The zero-order chi connectivity index (χ0) is 31.3. The minimum atomic E-state index is -4.92. The summed E-state index contributed by atoms with van der Waals surface area (Å²) in [6.07, 6.45) is -8.24. The van der Waals surface area contributed by atoms with E-state index in [0.717, 1.165) is 17.2 Å². The van der Waals surface area contributed by atoms with Gasteiger partial charge in [0.25, 0.3) is 11.8 Å². The standard InChI is InChI=1S/C29H25F6N5O3/c1-16-4-6-17(7-5-16)14-39-26(43)23(24(41)27(2)10-3-11-40(27)39)25(42)38-20-9-8-18(28(30,31)32)12-19(20)21-13-22(29(33,34)35)37-15-36-21/h4-9,12-13,15,41H,3,10-11,14H2,1-2H3,(H,38,42)/t27-/m1/s1. The second kappa shape index (κ2) is 10.7. The maximum absolute atomic E-state index is 13.7. The third kappa shape index (κ3) is 5.66. The van der Waals surface area contributed by atoms with E-state index in [0.29, 0.717) is 43.9 Å². The zero-order valence-electron chi connectivity index (χ0n) is 22.8. The summed E-state index contributed by atoms with van der Waals surface area (Å²) in [5.74, 6) is -2.50. The third-order valence-corrected chi connectivity index (χ3v) is 7.60. The summed E-state index contributed by atoms with van der Waals surface area (Å²) >= 11 is 0. The largest absolute Gasteiger partial charge is 0.509 e. The van der Waals surface area contributed by atoms with E-state index in [1.54, 1.807) is 11.9 Å². The quantitative estimate of drug-likeness (QED) is 0.272. The number of hydrogen-bond donors (Lipinski definition) is 2. The number of rotatable bonds is 5. The Kier molecular flexibility index (Phi) is 7.45. The Morgan fingerprint density at radius 3 is 2.37 bits per heavy atom. The first-order valence-electron chi connectivity index (χ1n) is 13.1. The summed E-state index contributed by atoms with van der Waals surface area (Å²) in [7, 11) is 0. The molecule has 5 rings (SSSR count). The van der Waals surface area contributed by atoms with Gasteiger partial charge in [-0.15, -0.1) is 0 Å². The Labute approximate surface area is 241 Å². The maximum Gasteiger partial charge on any atom is 0.433 e. The van der Waals surface area contributed by atoms with Crippen molar-refractivity contribution in [3.63, 3.8) is 0 Å². The van der Waals surface area contributed by atoms with Gasteiger partial charge in [0.05, 0.1) is 29.0 Å². The second-order valence-electron chi connectivity index (χ2n) is 10.6. The molecule has 0 radical (unpaired) electrons. The number of aromatic nitrogens is 2. The molecule has 2 N–H and O–H groups in total. The van der Waals surface area contributed by atoms with Gasteiger partial charge in [0.15, 0.2) is 0 Å². The number of halogens is 6. The van der Waals surface area contributed by atoms with Crippen molar-refractivity contribution >= 4 is 17.5 Å². The van der Waals surface area contributed by atoms with E-state index in [4.69, 9.17) is 0 Å². The minimum Gasteiger partial charge on any atom is -0.509 e. The highest BCUT2D eigenvalue weighted by molar-refractivity contribution is 6.24. The van der Waals surface area contributed by atoms with Crippen molar-refractivity contribution in [3.05, 3.63) is 88.6 Å². The Hall–Kier alpha value is -4.46. The molecule has 2 amide bonds. The fraction of sp³-hybridized carbons (Fsp3) is 0.310. The van der Waals surface area contributed by atoms with E-state index in [1.807, 2.05) is 31.2 Å². The highest BCUT2D eigenvalue weighted by Crippen LogP contribution is 2.42. The number of carbonyl (C=O) groups is 2. The Morgan fingerprint density at radius 1 is 1.02 bits per heavy atom. The normalized spacial score (nSPS) is 19.5. The number of nitrogens with zero attached hydrogens (tertiary/aromatic N) is 4. The van der Waals surface area contributed by atoms with Gasteiger partial charge in [0.1, 0.15) is 23.4 Å². The van der Waals surface area contributed by atoms with Gasteiger partial charge < -0.3 is 10.4 Å². The van der Waals surface area contributed by atoms with Crippen LogP contribution in [0.1, 0.15) is 42.1 Å². The number of nitrogens with one attached hydrogen (secondary N) is 1. The highest BCUT2D eigenvalue weighted by atomic mass is 19.4. The molecule has 0 unspecified atom stereocenters. The molecule has 2 aliphatic rings. The highest BCUT2D eigenvalue weighted by Gasteiger charge is 2.52. The fourth-order valence-corrected chi connectivity index (χ4v) is 5.30. The van der Waals surface area contributed by atoms with Gasteiger partial charge in [0.2, 0.25) is 0 Å². The molecule has 1 aromatic heterocycles. The molecule has 226 valence electrons. The van der Waals surface area contributed by atoms with Crippen LogP contribution in [0.2, 0.25) is 0 Å². The van der Waals surface area contributed by atoms with Gasteiger partial charge >= 0.3 is 12.4 Å². The molecule has 0 saturated carbocycles. The number of anilines is 1. The SMILES string of the molecule is Cc1ccc(CN2C(=O)C(C(=O)Nc3ccc(C(F)(F)F)cc3-c3cc(C(F)(F)F)ncn3)=C(O)[C@@]3(C)CCCN23)cc1. The van der Waals surface area contributed by atoms with E-state index in [2.05, 4.69) is 15.3 Å². The average Bonchev–Trinajstić information content (AvgIpc) is 3.34. The second-order valence-corrected chi connectivity index (χ2v) is 10.6. The fourth-order valence-electron chi connectivity index (χ4n) is 5.30. The van der Waals surface area contributed by atoms with Crippen LogP contribution in [-0.2, 0) is 28.5 Å². The van der Waals surface area contributed by atoms with E-state index >= 15 is 0 Å². The molecule has 0 bridgehead atoms. The number of fused-ring (bicyclic) bond motifs is 1. The molecule has 1 saturated heterocycles. The number of carbonyl (C=O) groups excluding carboxylic acids is 2. The third-order valence-electron chi connectivity index (χ3n) is 7.60.